The molecule has 1 saturated heterocycles. The highest BCUT2D eigenvalue weighted by molar-refractivity contribution is 6.46. The molecule has 1 N–H and O–H groups in total. The van der Waals surface area contributed by atoms with Crippen LogP contribution >= 0.6 is 0 Å². The van der Waals surface area contributed by atoms with E-state index in [9.17, 15) is 19.1 Å². The zero-order chi connectivity index (χ0) is 23.5. The maximum absolute atomic E-state index is 13.4. The van der Waals surface area contributed by atoms with E-state index >= 15 is 0 Å². The molecule has 6 nitrogen and oxygen atoms in total. The summed E-state index contributed by atoms with van der Waals surface area (Å²) in [5, 5.41) is 11.2. The van der Waals surface area contributed by atoms with Gasteiger partial charge in [-0.05, 0) is 41.5 Å². The van der Waals surface area contributed by atoms with Crippen LogP contribution in [-0.4, -0.2) is 35.9 Å². The number of halogens is 1. The molecule has 33 heavy (non-hydrogen) atoms. The fourth-order valence-electron chi connectivity index (χ4n) is 3.95. The summed E-state index contributed by atoms with van der Waals surface area (Å²) >= 11 is 0. The Labute approximate surface area is 190 Å². The zero-order valence-corrected chi connectivity index (χ0v) is 18.1. The Hall–Kier alpha value is -4.13. The van der Waals surface area contributed by atoms with Crippen LogP contribution in [-0.2, 0) is 16.1 Å². The first-order chi connectivity index (χ1) is 15.9. The number of ether oxygens (including phenoxy) is 2. The Balaban J connectivity index is 1.84. The van der Waals surface area contributed by atoms with Crippen LogP contribution < -0.4 is 9.47 Å². The second-order valence-electron chi connectivity index (χ2n) is 7.53. The van der Waals surface area contributed by atoms with Crippen molar-refractivity contribution in [2.45, 2.75) is 12.6 Å². The number of likely N-dealkylation sites (tertiary alicyclic amines) is 1. The van der Waals surface area contributed by atoms with Gasteiger partial charge in [-0.15, -0.1) is 0 Å². The fourth-order valence-corrected chi connectivity index (χ4v) is 3.95. The Morgan fingerprint density at radius 2 is 1.61 bits per heavy atom. The maximum atomic E-state index is 13.4. The SMILES string of the molecule is COc1ccc(/C(O)=C2/C(=O)C(=O)N(Cc3ccc(F)cc3)C2c2ccccc2)cc1OC. The number of carbonyl (C=O) groups is 2. The topological polar surface area (TPSA) is 76.1 Å². The third-order valence-corrected chi connectivity index (χ3v) is 5.58. The smallest absolute Gasteiger partial charge is 0.295 e. The standard InChI is InChI=1S/C26H22FNO5/c1-32-20-13-10-18(14-21(20)33-2)24(29)22-23(17-6-4-3-5-7-17)28(26(31)25(22)30)15-16-8-11-19(27)12-9-16/h3-14,23,29H,15H2,1-2H3/b24-22-. The molecule has 4 rings (SSSR count). The zero-order valence-electron chi connectivity index (χ0n) is 18.1. The summed E-state index contributed by atoms with van der Waals surface area (Å²) in [6, 6.07) is 18.6. The van der Waals surface area contributed by atoms with Crippen LogP contribution in [0.5, 0.6) is 11.5 Å². The molecule has 1 atom stereocenters. The number of ketones is 1. The average Bonchev–Trinajstić information content (AvgIpc) is 3.10. The van der Waals surface area contributed by atoms with Crippen molar-refractivity contribution in [1.82, 2.24) is 4.90 Å². The largest absolute Gasteiger partial charge is 0.507 e. The molecule has 1 fully saturated rings. The molecule has 0 spiro atoms. The summed E-state index contributed by atoms with van der Waals surface area (Å²) in [5.74, 6) is -1.41. The maximum Gasteiger partial charge on any atom is 0.295 e. The lowest BCUT2D eigenvalue weighted by Gasteiger charge is -2.25. The van der Waals surface area contributed by atoms with E-state index < -0.39 is 23.5 Å². The highest BCUT2D eigenvalue weighted by Gasteiger charge is 2.46. The second-order valence-corrected chi connectivity index (χ2v) is 7.53. The summed E-state index contributed by atoms with van der Waals surface area (Å²) in [7, 11) is 2.96. The van der Waals surface area contributed by atoms with Crippen molar-refractivity contribution in [3.63, 3.8) is 0 Å². The third-order valence-electron chi connectivity index (χ3n) is 5.58. The van der Waals surface area contributed by atoms with Gasteiger partial charge in [-0.3, -0.25) is 9.59 Å². The van der Waals surface area contributed by atoms with Crippen LogP contribution in [0.4, 0.5) is 4.39 Å². The molecule has 1 unspecified atom stereocenters. The van der Waals surface area contributed by atoms with Crippen LogP contribution in [0.25, 0.3) is 5.76 Å². The molecule has 3 aromatic carbocycles. The number of benzene rings is 3. The van der Waals surface area contributed by atoms with Crippen molar-refractivity contribution in [3.8, 4) is 11.5 Å². The van der Waals surface area contributed by atoms with Crippen molar-refractivity contribution in [2.24, 2.45) is 0 Å². The van der Waals surface area contributed by atoms with Gasteiger partial charge in [-0.1, -0.05) is 42.5 Å². The lowest BCUT2D eigenvalue weighted by molar-refractivity contribution is -0.140. The number of hydrogen-bond donors (Lipinski definition) is 1. The molecule has 7 heteroatoms. The fraction of sp³-hybridized carbons (Fsp3) is 0.154. The number of carbonyl (C=O) groups excluding carboxylic acids is 2. The van der Waals surface area contributed by atoms with Gasteiger partial charge in [0.05, 0.1) is 25.8 Å². The van der Waals surface area contributed by atoms with Crippen molar-refractivity contribution in [2.75, 3.05) is 14.2 Å². The summed E-state index contributed by atoms with van der Waals surface area (Å²) in [5.41, 5.74) is 1.61. The number of amides is 1. The monoisotopic (exact) mass is 447 g/mol. The Bertz CT molecular complexity index is 1220. The minimum Gasteiger partial charge on any atom is -0.507 e. The predicted octanol–water partition coefficient (Wildman–Crippen LogP) is 4.46. The van der Waals surface area contributed by atoms with Gasteiger partial charge in [-0.25, -0.2) is 4.39 Å². The molecule has 1 heterocycles. The van der Waals surface area contributed by atoms with E-state index in [-0.39, 0.29) is 17.9 Å². The Morgan fingerprint density at radius 1 is 0.939 bits per heavy atom. The van der Waals surface area contributed by atoms with Crippen molar-refractivity contribution >= 4 is 17.4 Å². The number of hydrogen-bond acceptors (Lipinski definition) is 5. The lowest BCUT2D eigenvalue weighted by atomic mass is 9.95. The Kier molecular flexibility index (Phi) is 6.13. The lowest BCUT2D eigenvalue weighted by Crippen LogP contribution is -2.29. The Morgan fingerprint density at radius 3 is 2.24 bits per heavy atom. The van der Waals surface area contributed by atoms with Gasteiger partial charge in [-0.2, -0.15) is 0 Å². The molecule has 3 aromatic rings. The normalized spacial score (nSPS) is 17.3. The summed E-state index contributed by atoms with van der Waals surface area (Å²) in [6.07, 6.45) is 0. The first kappa shape index (κ1) is 22.1. The number of rotatable bonds is 6. The minimum atomic E-state index is -0.815. The molecule has 1 aliphatic heterocycles. The minimum absolute atomic E-state index is 0.0273. The van der Waals surface area contributed by atoms with Crippen molar-refractivity contribution in [3.05, 3.63) is 101 Å². The average molecular weight is 447 g/mol. The van der Waals surface area contributed by atoms with Gasteiger partial charge in [0.15, 0.2) is 11.5 Å². The van der Waals surface area contributed by atoms with Crippen LogP contribution in [0.15, 0.2) is 78.4 Å². The molecule has 0 bridgehead atoms. The van der Waals surface area contributed by atoms with Gasteiger partial charge in [0.2, 0.25) is 0 Å². The number of Topliss-reactive ketones (excluding diaryl/α,β-unsaturated/α-hetero) is 1. The second kappa shape index (κ2) is 9.16. The quantitative estimate of drug-likeness (QED) is 0.343. The predicted molar refractivity (Wildman–Crippen MR) is 120 cm³/mol. The molecular weight excluding hydrogens is 425 g/mol. The number of nitrogens with zero attached hydrogens (tertiary/aromatic N) is 1. The van der Waals surface area contributed by atoms with E-state index in [0.717, 1.165) is 0 Å². The highest BCUT2D eigenvalue weighted by atomic mass is 19.1. The van der Waals surface area contributed by atoms with Gasteiger partial charge in [0.1, 0.15) is 11.6 Å². The molecule has 1 aliphatic rings. The van der Waals surface area contributed by atoms with Crippen LogP contribution in [0.1, 0.15) is 22.7 Å². The van der Waals surface area contributed by atoms with E-state index in [1.807, 2.05) is 6.07 Å². The van der Waals surface area contributed by atoms with Crippen LogP contribution in [0.2, 0.25) is 0 Å². The van der Waals surface area contributed by atoms with E-state index in [4.69, 9.17) is 9.47 Å². The molecule has 1 amide bonds. The molecule has 0 radical (unpaired) electrons. The summed E-state index contributed by atoms with van der Waals surface area (Å²) < 4.78 is 23.9. The van der Waals surface area contributed by atoms with Gasteiger partial charge >= 0.3 is 0 Å². The van der Waals surface area contributed by atoms with E-state index in [2.05, 4.69) is 0 Å². The van der Waals surface area contributed by atoms with Gasteiger partial charge in [0.25, 0.3) is 11.7 Å². The van der Waals surface area contributed by atoms with Crippen molar-refractivity contribution < 1.29 is 28.6 Å². The molecular formula is C26H22FNO5. The summed E-state index contributed by atoms with van der Waals surface area (Å²) in [4.78, 5) is 27.5. The number of methoxy groups -OCH3 is 2. The van der Waals surface area contributed by atoms with Crippen molar-refractivity contribution in [1.29, 1.82) is 0 Å². The van der Waals surface area contributed by atoms with Crippen LogP contribution in [0.3, 0.4) is 0 Å². The molecule has 168 valence electrons. The first-order valence-corrected chi connectivity index (χ1v) is 10.2. The van der Waals surface area contributed by atoms with E-state index in [1.54, 1.807) is 54.6 Å². The number of aliphatic hydroxyl groups excluding tert-OH is 1. The first-order valence-electron chi connectivity index (χ1n) is 10.2. The molecule has 0 aromatic heterocycles. The molecule has 0 aliphatic carbocycles. The third kappa shape index (κ3) is 4.17. The van der Waals surface area contributed by atoms with Crippen LogP contribution in [0, 0.1) is 5.82 Å². The highest BCUT2D eigenvalue weighted by Crippen LogP contribution is 2.41. The van der Waals surface area contributed by atoms with E-state index in [0.29, 0.717) is 28.2 Å². The molecule has 0 saturated carbocycles. The van der Waals surface area contributed by atoms with Gasteiger partial charge in [0, 0.05) is 12.1 Å². The number of aliphatic hydroxyl groups is 1. The van der Waals surface area contributed by atoms with E-state index in [1.165, 1.54) is 31.3 Å². The van der Waals surface area contributed by atoms with Gasteiger partial charge < -0.3 is 19.5 Å². The summed E-state index contributed by atoms with van der Waals surface area (Å²) in [6.45, 7) is 0.0765.